The van der Waals surface area contributed by atoms with Crippen molar-refractivity contribution in [2.45, 2.75) is 19.8 Å². The fraction of sp³-hybridized carbons (Fsp3) is 0.182. The van der Waals surface area contributed by atoms with Crippen LogP contribution in [0, 0.1) is 0 Å². The Morgan fingerprint density at radius 2 is 1.89 bits per heavy atom. The maximum Gasteiger partial charge on any atom is 0.383 e. The van der Waals surface area contributed by atoms with E-state index in [0.29, 0.717) is 17.4 Å². The number of hydrogen-bond donors (Lipinski definition) is 1. The Balaban J connectivity index is 2.00. The number of hydrogen-bond acceptors (Lipinski definition) is 6. The van der Waals surface area contributed by atoms with Gasteiger partial charge in [0.25, 0.3) is 0 Å². The summed E-state index contributed by atoms with van der Waals surface area (Å²) in [6, 6.07) is 12.6. The molecule has 0 fully saturated rings. The SMILES string of the molecule is CC/C=C/CCOc1c(OC(=O)c2ccccc2)c2ccc(O)cc2oc1=O. The molecule has 2 aromatic carbocycles. The van der Waals surface area contributed by atoms with Gasteiger partial charge in [-0.25, -0.2) is 9.59 Å². The molecule has 0 radical (unpaired) electrons. The van der Waals surface area contributed by atoms with Crippen molar-refractivity contribution in [2.24, 2.45) is 0 Å². The number of phenolic OH excluding ortho intramolecular Hbond substituents is 1. The molecule has 1 aromatic heterocycles. The third-order valence-electron chi connectivity index (χ3n) is 3.94. The van der Waals surface area contributed by atoms with E-state index < -0.39 is 11.6 Å². The van der Waals surface area contributed by atoms with Crippen molar-refractivity contribution in [1.82, 2.24) is 0 Å². The summed E-state index contributed by atoms with van der Waals surface area (Å²) < 4.78 is 16.3. The molecule has 0 saturated carbocycles. The Labute approximate surface area is 161 Å². The van der Waals surface area contributed by atoms with E-state index in [1.807, 2.05) is 19.1 Å². The van der Waals surface area contributed by atoms with Crippen LogP contribution in [0.15, 0.2) is 69.9 Å². The van der Waals surface area contributed by atoms with Crippen molar-refractivity contribution in [3.05, 3.63) is 76.7 Å². The Morgan fingerprint density at radius 3 is 2.64 bits per heavy atom. The molecule has 144 valence electrons. The molecule has 0 unspecified atom stereocenters. The molecule has 28 heavy (non-hydrogen) atoms. The van der Waals surface area contributed by atoms with Crippen molar-refractivity contribution < 1.29 is 23.8 Å². The lowest BCUT2D eigenvalue weighted by Crippen LogP contribution is -2.14. The molecule has 0 bridgehead atoms. The van der Waals surface area contributed by atoms with Crippen LogP contribution in [0.1, 0.15) is 30.1 Å². The number of phenols is 1. The van der Waals surface area contributed by atoms with Crippen LogP contribution in [0.2, 0.25) is 0 Å². The second-order valence-corrected chi connectivity index (χ2v) is 6.00. The first-order valence-corrected chi connectivity index (χ1v) is 8.95. The van der Waals surface area contributed by atoms with Gasteiger partial charge in [0, 0.05) is 6.07 Å². The number of aromatic hydroxyl groups is 1. The number of ether oxygens (including phenoxy) is 2. The zero-order valence-electron chi connectivity index (χ0n) is 15.4. The number of carbonyl (C=O) groups excluding carboxylic acids is 1. The quantitative estimate of drug-likeness (QED) is 0.282. The van der Waals surface area contributed by atoms with Crippen LogP contribution in [0.4, 0.5) is 0 Å². The molecule has 0 saturated heterocycles. The van der Waals surface area contributed by atoms with Gasteiger partial charge in [0.05, 0.1) is 17.6 Å². The van der Waals surface area contributed by atoms with E-state index in [-0.39, 0.29) is 29.4 Å². The maximum atomic E-state index is 12.5. The second kappa shape index (κ2) is 8.90. The molecule has 0 aliphatic heterocycles. The van der Waals surface area contributed by atoms with E-state index >= 15 is 0 Å². The van der Waals surface area contributed by atoms with Gasteiger partial charge in [0.1, 0.15) is 11.3 Å². The summed E-state index contributed by atoms with van der Waals surface area (Å²) in [5.74, 6) is -0.905. The van der Waals surface area contributed by atoms with Gasteiger partial charge in [-0.05, 0) is 37.1 Å². The number of allylic oxidation sites excluding steroid dienone is 1. The molecule has 0 atom stereocenters. The summed E-state index contributed by atoms with van der Waals surface area (Å²) in [5, 5.41) is 10.0. The highest BCUT2D eigenvalue weighted by atomic mass is 16.6. The topological polar surface area (TPSA) is 86.0 Å². The number of rotatable bonds is 7. The lowest BCUT2D eigenvalue weighted by atomic mass is 10.2. The Hall–Kier alpha value is -3.54. The van der Waals surface area contributed by atoms with Crippen molar-refractivity contribution >= 4 is 16.9 Å². The zero-order valence-corrected chi connectivity index (χ0v) is 15.4. The minimum absolute atomic E-state index is 0.0282. The molecule has 0 aliphatic carbocycles. The average Bonchev–Trinajstić information content (AvgIpc) is 2.70. The normalized spacial score (nSPS) is 11.0. The van der Waals surface area contributed by atoms with Crippen LogP contribution in [0.3, 0.4) is 0 Å². The summed E-state index contributed by atoms with van der Waals surface area (Å²) in [6.07, 6.45) is 5.43. The Morgan fingerprint density at radius 1 is 1.11 bits per heavy atom. The van der Waals surface area contributed by atoms with Crippen LogP contribution in [-0.4, -0.2) is 17.7 Å². The molecular weight excluding hydrogens is 360 g/mol. The van der Waals surface area contributed by atoms with E-state index in [4.69, 9.17) is 13.9 Å². The predicted molar refractivity (Wildman–Crippen MR) is 105 cm³/mol. The van der Waals surface area contributed by atoms with Gasteiger partial charge < -0.3 is 19.0 Å². The Kier molecular flexibility index (Phi) is 6.11. The largest absolute Gasteiger partial charge is 0.508 e. The highest BCUT2D eigenvalue weighted by Crippen LogP contribution is 2.35. The minimum atomic E-state index is -0.784. The summed E-state index contributed by atoms with van der Waals surface area (Å²) in [7, 11) is 0. The maximum absolute atomic E-state index is 12.5. The van der Waals surface area contributed by atoms with Gasteiger partial charge in [0.2, 0.25) is 5.75 Å². The Bertz CT molecular complexity index is 1050. The molecule has 6 nitrogen and oxygen atoms in total. The van der Waals surface area contributed by atoms with E-state index in [0.717, 1.165) is 6.42 Å². The third kappa shape index (κ3) is 4.40. The first-order chi connectivity index (χ1) is 13.6. The lowest BCUT2D eigenvalue weighted by Gasteiger charge is -2.12. The summed E-state index contributed by atoms with van der Waals surface area (Å²) in [6.45, 7) is 2.24. The minimum Gasteiger partial charge on any atom is -0.508 e. The van der Waals surface area contributed by atoms with Crippen molar-refractivity contribution in [3.8, 4) is 17.2 Å². The van der Waals surface area contributed by atoms with Crippen LogP contribution < -0.4 is 15.1 Å². The summed E-state index contributed by atoms with van der Waals surface area (Å²) in [4.78, 5) is 25.0. The average molecular weight is 380 g/mol. The number of carbonyl (C=O) groups is 1. The summed E-state index contributed by atoms with van der Waals surface area (Å²) >= 11 is 0. The molecule has 0 amide bonds. The van der Waals surface area contributed by atoms with Gasteiger partial charge in [-0.2, -0.15) is 0 Å². The number of esters is 1. The standard InChI is InChI=1S/C22H20O6/c1-2-3-4-8-13-26-20-19(28-21(24)15-9-6-5-7-10-15)17-12-11-16(23)14-18(17)27-22(20)25/h3-7,9-12,14,23H,2,8,13H2,1H3/b4-3+. The monoisotopic (exact) mass is 380 g/mol. The van der Waals surface area contributed by atoms with Crippen molar-refractivity contribution in [2.75, 3.05) is 6.61 Å². The molecule has 1 heterocycles. The predicted octanol–water partition coefficient (Wildman–Crippen LogP) is 4.45. The third-order valence-corrected chi connectivity index (χ3v) is 3.94. The highest BCUT2D eigenvalue weighted by molar-refractivity contribution is 5.95. The molecule has 6 heteroatoms. The molecule has 0 aliphatic rings. The van der Waals surface area contributed by atoms with Gasteiger partial charge in [-0.3, -0.25) is 0 Å². The van der Waals surface area contributed by atoms with Gasteiger partial charge in [-0.15, -0.1) is 0 Å². The van der Waals surface area contributed by atoms with E-state index in [1.54, 1.807) is 30.3 Å². The number of benzene rings is 2. The van der Waals surface area contributed by atoms with Crippen molar-refractivity contribution in [3.63, 3.8) is 0 Å². The molecule has 3 rings (SSSR count). The van der Waals surface area contributed by atoms with Crippen LogP contribution in [-0.2, 0) is 0 Å². The van der Waals surface area contributed by atoms with Crippen LogP contribution in [0.5, 0.6) is 17.2 Å². The lowest BCUT2D eigenvalue weighted by molar-refractivity contribution is 0.0729. The van der Waals surface area contributed by atoms with E-state index in [9.17, 15) is 14.7 Å². The molecule has 0 spiro atoms. The van der Waals surface area contributed by atoms with Crippen molar-refractivity contribution in [1.29, 1.82) is 0 Å². The first kappa shape index (κ1) is 19.2. The van der Waals surface area contributed by atoms with Crippen LogP contribution in [0.25, 0.3) is 11.0 Å². The second-order valence-electron chi connectivity index (χ2n) is 6.00. The van der Waals surface area contributed by atoms with E-state index in [1.165, 1.54) is 18.2 Å². The van der Waals surface area contributed by atoms with E-state index in [2.05, 4.69) is 0 Å². The zero-order chi connectivity index (χ0) is 19.9. The fourth-order valence-corrected chi connectivity index (χ4v) is 2.61. The molecule has 3 aromatic rings. The highest BCUT2D eigenvalue weighted by Gasteiger charge is 2.21. The van der Waals surface area contributed by atoms with Gasteiger partial charge in [0.15, 0.2) is 5.75 Å². The summed E-state index contributed by atoms with van der Waals surface area (Å²) in [5.41, 5.74) is -0.355. The first-order valence-electron chi connectivity index (χ1n) is 8.95. The van der Waals surface area contributed by atoms with Crippen LogP contribution >= 0.6 is 0 Å². The molecule has 1 N–H and O–H groups in total. The van der Waals surface area contributed by atoms with Gasteiger partial charge in [-0.1, -0.05) is 37.3 Å². The molecular formula is C22H20O6. The van der Waals surface area contributed by atoms with Gasteiger partial charge >= 0.3 is 11.6 Å². The fourth-order valence-electron chi connectivity index (χ4n) is 2.61. The smallest absolute Gasteiger partial charge is 0.383 e. The number of fused-ring (bicyclic) bond motifs is 1.